The summed E-state index contributed by atoms with van der Waals surface area (Å²) in [6.45, 7) is 2.07. The number of hydrogen-bond acceptors (Lipinski definition) is 5. The lowest BCUT2D eigenvalue weighted by Crippen LogP contribution is -2.15. The zero-order chi connectivity index (χ0) is 21.8. The number of benzene rings is 2. The van der Waals surface area contributed by atoms with Crippen molar-refractivity contribution in [3.63, 3.8) is 0 Å². The molecule has 0 aliphatic carbocycles. The zero-order valence-electron chi connectivity index (χ0n) is 17.8. The number of fused-ring (bicyclic) bond motifs is 1. The van der Waals surface area contributed by atoms with Crippen LogP contribution in [0.4, 0.5) is 5.69 Å². The SMILES string of the molecule is CCc1nc2cccnc2n1-c1ccc(CC(=O)Nc2cc(OC)ccc2OC)cc1. The van der Waals surface area contributed by atoms with Crippen molar-refractivity contribution >= 4 is 22.8 Å². The van der Waals surface area contributed by atoms with E-state index in [1.54, 1.807) is 38.6 Å². The van der Waals surface area contributed by atoms with Gasteiger partial charge in [-0.05, 0) is 42.0 Å². The fourth-order valence-electron chi connectivity index (χ4n) is 3.52. The highest BCUT2D eigenvalue weighted by atomic mass is 16.5. The summed E-state index contributed by atoms with van der Waals surface area (Å²) in [6, 6.07) is 17.0. The highest BCUT2D eigenvalue weighted by Gasteiger charge is 2.13. The van der Waals surface area contributed by atoms with Crippen molar-refractivity contribution in [2.24, 2.45) is 0 Å². The summed E-state index contributed by atoms with van der Waals surface area (Å²) in [5.74, 6) is 2.04. The van der Waals surface area contributed by atoms with Gasteiger partial charge in [-0.15, -0.1) is 0 Å². The molecule has 2 aromatic heterocycles. The molecule has 4 aromatic rings. The lowest BCUT2D eigenvalue weighted by Gasteiger charge is -2.12. The standard InChI is InChI=1S/C24H24N4O3/c1-4-22-26-19-6-5-13-25-24(19)28(22)17-9-7-16(8-10-17)14-23(29)27-20-15-18(30-2)11-12-21(20)31-3/h5-13,15H,4,14H2,1-3H3,(H,27,29). The van der Waals surface area contributed by atoms with E-state index >= 15 is 0 Å². The lowest BCUT2D eigenvalue weighted by molar-refractivity contribution is -0.115. The maximum absolute atomic E-state index is 12.6. The molecule has 2 aromatic carbocycles. The first-order valence-corrected chi connectivity index (χ1v) is 10.1. The second kappa shape index (κ2) is 8.87. The molecule has 0 bridgehead atoms. The highest BCUT2D eigenvalue weighted by molar-refractivity contribution is 5.94. The summed E-state index contributed by atoms with van der Waals surface area (Å²) >= 11 is 0. The average molecular weight is 416 g/mol. The van der Waals surface area contributed by atoms with Gasteiger partial charge < -0.3 is 14.8 Å². The van der Waals surface area contributed by atoms with Crippen molar-refractivity contribution in [3.8, 4) is 17.2 Å². The molecule has 1 N–H and O–H groups in total. The summed E-state index contributed by atoms with van der Waals surface area (Å²) in [4.78, 5) is 21.8. The zero-order valence-corrected chi connectivity index (χ0v) is 17.8. The first-order valence-electron chi connectivity index (χ1n) is 10.1. The summed E-state index contributed by atoms with van der Waals surface area (Å²) in [5, 5.41) is 2.90. The molecule has 4 rings (SSSR count). The minimum absolute atomic E-state index is 0.136. The first-order chi connectivity index (χ1) is 15.1. The number of nitrogens with zero attached hydrogens (tertiary/aromatic N) is 3. The van der Waals surface area contributed by atoms with Crippen molar-refractivity contribution in [1.82, 2.24) is 14.5 Å². The van der Waals surface area contributed by atoms with Crippen molar-refractivity contribution < 1.29 is 14.3 Å². The van der Waals surface area contributed by atoms with Crippen LogP contribution in [0.1, 0.15) is 18.3 Å². The van der Waals surface area contributed by atoms with Crippen LogP contribution in [0.2, 0.25) is 0 Å². The summed E-state index contributed by atoms with van der Waals surface area (Å²) in [5.41, 5.74) is 4.15. The maximum Gasteiger partial charge on any atom is 0.228 e. The Morgan fingerprint density at radius 2 is 1.87 bits per heavy atom. The van der Waals surface area contributed by atoms with Gasteiger partial charge in [-0.1, -0.05) is 19.1 Å². The Bertz CT molecular complexity index is 1220. The van der Waals surface area contributed by atoms with Gasteiger partial charge in [0.15, 0.2) is 5.65 Å². The van der Waals surface area contributed by atoms with E-state index in [-0.39, 0.29) is 12.3 Å². The second-order valence-electron chi connectivity index (χ2n) is 7.02. The van der Waals surface area contributed by atoms with E-state index in [0.29, 0.717) is 17.2 Å². The van der Waals surface area contributed by atoms with Crippen molar-refractivity contribution in [2.45, 2.75) is 19.8 Å². The van der Waals surface area contributed by atoms with Crippen LogP contribution in [0.3, 0.4) is 0 Å². The molecule has 0 unspecified atom stereocenters. The number of ether oxygens (including phenoxy) is 2. The number of pyridine rings is 1. The molecule has 0 saturated heterocycles. The third-order valence-electron chi connectivity index (χ3n) is 5.04. The van der Waals surface area contributed by atoms with E-state index in [1.807, 2.05) is 36.4 Å². The summed E-state index contributed by atoms with van der Waals surface area (Å²) in [6.07, 6.45) is 2.80. The topological polar surface area (TPSA) is 78.3 Å². The van der Waals surface area contributed by atoms with E-state index < -0.39 is 0 Å². The van der Waals surface area contributed by atoms with Gasteiger partial charge in [0.1, 0.15) is 22.8 Å². The molecule has 1 amide bonds. The van der Waals surface area contributed by atoms with Crippen LogP contribution in [-0.4, -0.2) is 34.7 Å². The first kappa shape index (κ1) is 20.4. The number of anilines is 1. The number of imidazole rings is 1. The molecule has 0 aliphatic heterocycles. The van der Waals surface area contributed by atoms with Gasteiger partial charge >= 0.3 is 0 Å². The molecule has 0 aliphatic rings. The Morgan fingerprint density at radius 1 is 1.06 bits per heavy atom. The van der Waals surface area contributed by atoms with Crippen LogP contribution < -0.4 is 14.8 Å². The Morgan fingerprint density at radius 3 is 2.58 bits per heavy atom. The monoisotopic (exact) mass is 416 g/mol. The van der Waals surface area contributed by atoms with Gasteiger partial charge in [-0.3, -0.25) is 9.36 Å². The van der Waals surface area contributed by atoms with E-state index in [0.717, 1.165) is 34.7 Å². The van der Waals surface area contributed by atoms with Crippen LogP contribution in [0.15, 0.2) is 60.8 Å². The van der Waals surface area contributed by atoms with Gasteiger partial charge in [0.2, 0.25) is 5.91 Å². The van der Waals surface area contributed by atoms with Gasteiger partial charge in [-0.2, -0.15) is 0 Å². The van der Waals surface area contributed by atoms with Crippen LogP contribution in [0.5, 0.6) is 11.5 Å². The molecule has 2 heterocycles. The molecule has 7 heteroatoms. The Hall–Kier alpha value is -3.87. The molecule has 0 spiro atoms. The average Bonchev–Trinajstić information content (AvgIpc) is 3.18. The van der Waals surface area contributed by atoms with E-state index in [1.165, 1.54) is 0 Å². The Balaban J connectivity index is 1.53. The van der Waals surface area contributed by atoms with Gasteiger partial charge in [0.25, 0.3) is 0 Å². The third-order valence-corrected chi connectivity index (χ3v) is 5.04. The molecular formula is C24H24N4O3. The van der Waals surface area contributed by atoms with E-state index in [9.17, 15) is 4.79 Å². The molecule has 0 fully saturated rings. The van der Waals surface area contributed by atoms with Crippen molar-refractivity contribution in [1.29, 1.82) is 0 Å². The smallest absolute Gasteiger partial charge is 0.228 e. The number of hydrogen-bond donors (Lipinski definition) is 1. The summed E-state index contributed by atoms with van der Waals surface area (Å²) in [7, 11) is 3.15. The normalized spacial score (nSPS) is 10.8. The van der Waals surface area contributed by atoms with Crippen molar-refractivity contribution in [3.05, 3.63) is 72.2 Å². The highest BCUT2D eigenvalue weighted by Crippen LogP contribution is 2.29. The molecule has 31 heavy (non-hydrogen) atoms. The maximum atomic E-state index is 12.6. The van der Waals surface area contributed by atoms with Crippen molar-refractivity contribution in [2.75, 3.05) is 19.5 Å². The minimum atomic E-state index is -0.136. The number of carbonyl (C=O) groups excluding carboxylic acids is 1. The molecule has 0 saturated carbocycles. The number of aryl methyl sites for hydroxylation is 1. The summed E-state index contributed by atoms with van der Waals surface area (Å²) < 4.78 is 12.6. The van der Waals surface area contributed by atoms with Crippen LogP contribution in [0, 0.1) is 0 Å². The van der Waals surface area contributed by atoms with E-state index in [4.69, 9.17) is 9.47 Å². The lowest BCUT2D eigenvalue weighted by atomic mass is 10.1. The fourth-order valence-corrected chi connectivity index (χ4v) is 3.52. The number of aromatic nitrogens is 3. The predicted octanol–water partition coefficient (Wildman–Crippen LogP) is 4.18. The number of amides is 1. The number of methoxy groups -OCH3 is 2. The molecule has 158 valence electrons. The number of rotatable bonds is 7. The van der Waals surface area contributed by atoms with Crippen LogP contribution in [-0.2, 0) is 17.6 Å². The number of carbonyl (C=O) groups is 1. The molecule has 0 radical (unpaired) electrons. The molecule has 0 atom stereocenters. The third kappa shape index (κ3) is 4.21. The largest absolute Gasteiger partial charge is 0.497 e. The van der Waals surface area contributed by atoms with Gasteiger partial charge in [-0.25, -0.2) is 9.97 Å². The fraction of sp³-hybridized carbons (Fsp3) is 0.208. The molecular weight excluding hydrogens is 392 g/mol. The van der Waals surface area contributed by atoms with Gasteiger partial charge in [0.05, 0.1) is 26.3 Å². The Kier molecular flexibility index (Phi) is 5.84. The minimum Gasteiger partial charge on any atom is -0.497 e. The quantitative estimate of drug-likeness (QED) is 0.489. The second-order valence-corrected chi connectivity index (χ2v) is 7.02. The van der Waals surface area contributed by atoms with Crippen LogP contribution in [0.25, 0.3) is 16.9 Å². The predicted molar refractivity (Wildman–Crippen MR) is 120 cm³/mol. The van der Waals surface area contributed by atoms with E-state index in [2.05, 4.69) is 26.8 Å². The molecule has 7 nitrogen and oxygen atoms in total. The number of nitrogens with one attached hydrogen (secondary N) is 1. The van der Waals surface area contributed by atoms with Crippen LogP contribution >= 0.6 is 0 Å². The van der Waals surface area contributed by atoms with Gasteiger partial charge in [0, 0.05) is 24.4 Å². The Labute approximate surface area is 180 Å².